The number of carbonyl (C=O) groups is 4. The summed E-state index contributed by atoms with van der Waals surface area (Å²) in [6.45, 7) is 6.16. The first-order chi connectivity index (χ1) is 20.2. The molecule has 3 aromatic carbocycles. The van der Waals surface area contributed by atoms with E-state index in [9.17, 15) is 19.2 Å². The average molecular weight is 584 g/mol. The van der Waals surface area contributed by atoms with Gasteiger partial charge >= 0.3 is 5.97 Å². The largest absolute Gasteiger partial charge is 0.462 e. The molecule has 0 saturated carbocycles. The fraction of sp³-hybridized carbons (Fsp3) is 0.125. The van der Waals surface area contributed by atoms with Crippen LogP contribution in [0.4, 0.5) is 11.4 Å². The summed E-state index contributed by atoms with van der Waals surface area (Å²) in [5, 5.41) is 3.04. The van der Waals surface area contributed by atoms with E-state index in [1.54, 1.807) is 61.5 Å². The third kappa shape index (κ3) is 5.29. The van der Waals surface area contributed by atoms with Gasteiger partial charge in [0, 0.05) is 22.1 Å². The quantitative estimate of drug-likeness (QED) is 0.112. The van der Waals surface area contributed by atoms with Gasteiger partial charge in [-0.15, -0.1) is 0 Å². The number of carbonyl (C=O) groups excluding carboxylic acids is 4. The Morgan fingerprint density at radius 1 is 0.833 bits per heavy atom. The first-order valence-corrected chi connectivity index (χ1v) is 13.4. The lowest BCUT2D eigenvalue weighted by Crippen LogP contribution is -2.41. The van der Waals surface area contributed by atoms with Crippen LogP contribution >= 0.6 is 11.6 Å². The second kappa shape index (κ2) is 11.8. The molecule has 0 aliphatic carbocycles. The van der Waals surface area contributed by atoms with E-state index >= 15 is 0 Å². The van der Waals surface area contributed by atoms with Crippen LogP contribution in [0.25, 0.3) is 11.8 Å². The van der Waals surface area contributed by atoms with Gasteiger partial charge in [-0.2, -0.15) is 0 Å². The van der Waals surface area contributed by atoms with E-state index in [2.05, 4.69) is 0 Å². The van der Waals surface area contributed by atoms with Gasteiger partial charge in [-0.25, -0.2) is 14.8 Å². The minimum Gasteiger partial charge on any atom is -0.462 e. The topological polar surface area (TPSA) is 98.2 Å². The number of esters is 1. The predicted molar refractivity (Wildman–Crippen MR) is 159 cm³/mol. The Labute approximate surface area is 247 Å². The highest BCUT2D eigenvalue weighted by atomic mass is 35.5. The number of anilines is 2. The van der Waals surface area contributed by atoms with Crippen molar-refractivity contribution in [2.45, 2.75) is 20.8 Å². The van der Waals surface area contributed by atoms with Crippen LogP contribution in [0.3, 0.4) is 0 Å². The zero-order valence-corrected chi connectivity index (χ0v) is 23.8. The molecule has 212 valence electrons. The summed E-state index contributed by atoms with van der Waals surface area (Å²) in [7, 11) is 0. The molecule has 1 saturated heterocycles. The van der Waals surface area contributed by atoms with Gasteiger partial charge in [-0.3, -0.25) is 14.4 Å². The predicted octanol–water partition coefficient (Wildman–Crippen LogP) is 5.84. The minimum atomic E-state index is -0.525. The molecule has 0 bridgehead atoms. The van der Waals surface area contributed by atoms with E-state index in [0.717, 1.165) is 17.1 Å². The van der Waals surface area contributed by atoms with E-state index in [1.165, 1.54) is 22.2 Å². The molecule has 0 N–H and O–H groups in total. The van der Waals surface area contributed by atoms with Crippen LogP contribution in [0.5, 0.6) is 5.75 Å². The maximum Gasteiger partial charge on any atom is 0.338 e. The van der Waals surface area contributed by atoms with Gasteiger partial charge in [0.15, 0.2) is 0 Å². The number of benzene rings is 3. The van der Waals surface area contributed by atoms with Gasteiger partial charge in [-0.1, -0.05) is 11.6 Å². The van der Waals surface area contributed by atoms with Gasteiger partial charge in [0.1, 0.15) is 11.3 Å². The SMILES string of the molecule is CCOC(=O)c1ccc(-n2c(C)cc(C=C3C(=O)N(c4ccc(Cl)cc4)N(c4ccc(OC=O)cc4)C3=O)c2C)cc1. The normalized spacial score (nSPS) is 14.0. The lowest BCUT2D eigenvalue weighted by atomic mass is 10.1. The van der Waals surface area contributed by atoms with Crippen molar-refractivity contribution in [2.24, 2.45) is 0 Å². The number of amides is 2. The summed E-state index contributed by atoms with van der Waals surface area (Å²) in [6.07, 6.45) is 1.59. The number of aromatic nitrogens is 1. The number of ether oxygens (including phenoxy) is 2. The smallest absolute Gasteiger partial charge is 0.338 e. The van der Waals surface area contributed by atoms with Crippen molar-refractivity contribution in [3.05, 3.63) is 112 Å². The number of hydrogen-bond donors (Lipinski definition) is 0. The highest BCUT2D eigenvalue weighted by Gasteiger charge is 2.43. The van der Waals surface area contributed by atoms with Crippen molar-refractivity contribution in [2.75, 3.05) is 16.6 Å². The summed E-state index contributed by atoms with van der Waals surface area (Å²) in [5.74, 6) is -1.14. The number of rotatable bonds is 8. The summed E-state index contributed by atoms with van der Waals surface area (Å²) < 4.78 is 11.9. The fourth-order valence-electron chi connectivity index (χ4n) is 4.84. The molecule has 10 heteroatoms. The summed E-state index contributed by atoms with van der Waals surface area (Å²) in [5.41, 5.74) is 4.44. The Morgan fingerprint density at radius 2 is 1.38 bits per heavy atom. The number of nitrogens with zero attached hydrogens (tertiary/aromatic N) is 3. The van der Waals surface area contributed by atoms with Crippen molar-refractivity contribution in [1.29, 1.82) is 0 Å². The van der Waals surface area contributed by atoms with Crippen molar-refractivity contribution < 1.29 is 28.7 Å². The van der Waals surface area contributed by atoms with E-state index in [0.29, 0.717) is 46.4 Å². The number of aryl methyl sites for hydroxylation is 1. The molecule has 4 aromatic rings. The molecule has 5 rings (SSSR count). The Morgan fingerprint density at radius 3 is 1.93 bits per heavy atom. The number of halogens is 1. The lowest BCUT2D eigenvalue weighted by molar-refractivity contribution is -0.121. The molecule has 1 fully saturated rings. The summed E-state index contributed by atoms with van der Waals surface area (Å²) >= 11 is 6.08. The average Bonchev–Trinajstić information content (AvgIpc) is 3.40. The van der Waals surface area contributed by atoms with Crippen molar-refractivity contribution >= 4 is 53.3 Å². The monoisotopic (exact) mass is 583 g/mol. The van der Waals surface area contributed by atoms with Crippen LogP contribution in [-0.4, -0.2) is 35.4 Å². The lowest BCUT2D eigenvalue weighted by Gasteiger charge is -2.27. The molecule has 42 heavy (non-hydrogen) atoms. The third-order valence-electron chi connectivity index (χ3n) is 6.79. The molecule has 1 aromatic heterocycles. The van der Waals surface area contributed by atoms with Crippen LogP contribution in [0.2, 0.25) is 5.02 Å². The Balaban J connectivity index is 1.54. The van der Waals surface area contributed by atoms with E-state index in [-0.39, 0.29) is 5.57 Å². The number of hydrogen-bond acceptors (Lipinski definition) is 6. The maximum absolute atomic E-state index is 13.8. The first-order valence-electron chi connectivity index (χ1n) is 13.1. The Hall–Kier alpha value is -5.15. The van der Waals surface area contributed by atoms with Crippen molar-refractivity contribution in [3.63, 3.8) is 0 Å². The fourth-order valence-corrected chi connectivity index (χ4v) is 4.97. The van der Waals surface area contributed by atoms with Gasteiger partial charge in [0.25, 0.3) is 18.3 Å². The summed E-state index contributed by atoms with van der Waals surface area (Å²) in [6, 6.07) is 21.7. The van der Waals surface area contributed by atoms with Crippen LogP contribution in [0.1, 0.15) is 34.2 Å². The second-order valence-corrected chi connectivity index (χ2v) is 9.84. The van der Waals surface area contributed by atoms with Gasteiger partial charge < -0.3 is 14.0 Å². The molecular weight excluding hydrogens is 558 g/mol. The number of hydrazine groups is 1. The zero-order valence-electron chi connectivity index (χ0n) is 23.0. The standard InChI is InChI=1S/C32H26ClN3O6/c1-4-41-32(40)22-5-9-25(10-6-22)34-20(2)17-23(21(34)3)18-29-30(38)35(26-11-7-24(33)8-12-26)36(31(29)39)27-13-15-28(16-14-27)42-19-37/h5-19H,4H2,1-3H3. The molecule has 0 atom stereocenters. The molecule has 0 radical (unpaired) electrons. The maximum atomic E-state index is 13.8. The van der Waals surface area contributed by atoms with E-state index in [1.807, 2.05) is 36.6 Å². The van der Waals surface area contributed by atoms with Crippen LogP contribution in [0, 0.1) is 13.8 Å². The first kappa shape index (κ1) is 28.4. The molecular formula is C32H26ClN3O6. The van der Waals surface area contributed by atoms with E-state index in [4.69, 9.17) is 21.1 Å². The van der Waals surface area contributed by atoms with E-state index < -0.39 is 17.8 Å². The second-order valence-electron chi connectivity index (χ2n) is 9.41. The van der Waals surface area contributed by atoms with Crippen LogP contribution < -0.4 is 14.8 Å². The molecule has 0 unspecified atom stereocenters. The van der Waals surface area contributed by atoms with Crippen molar-refractivity contribution in [3.8, 4) is 11.4 Å². The molecule has 1 aliphatic heterocycles. The van der Waals surface area contributed by atoms with Gasteiger partial charge in [0.05, 0.1) is 23.5 Å². The Kier molecular flexibility index (Phi) is 7.95. The van der Waals surface area contributed by atoms with Crippen LogP contribution in [-0.2, 0) is 19.1 Å². The van der Waals surface area contributed by atoms with Gasteiger partial charge in [-0.05, 0) is 111 Å². The zero-order chi connectivity index (χ0) is 30.0. The molecule has 0 spiro atoms. The molecule has 2 amide bonds. The minimum absolute atomic E-state index is 0.0314. The summed E-state index contributed by atoms with van der Waals surface area (Å²) in [4.78, 5) is 50.5. The highest BCUT2D eigenvalue weighted by molar-refractivity contribution is 6.38. The van der Waals surface area contributed by atoms with Gasteiger partial charge in [0.2, 0.25) is 0 Å². The van der Waals surface area contributed by atoms with Crippen LogP contribution in [0.15, 0.2) is 84.4 Å². The van der Waals surface area contributed by atoms with Crippen molar-refractivity contribution in [1.82, 2.24) is 4.57 Å². The molecule has 9 nitrogen and oxygen atoms in total. The molecule has 2 heterocycles. The highest BCUT2D eigenvalue weighted by Crippen LogP contribution is 2.34. The third-order valence-corrected chi connectivity index (χ3v) is 7.04. The Bertz CT molecular complexity index is 1710. The molecule has 1 aliphatic rings.